The summed E-state index contributed by atoms with van der Waals surface area (Å²) in [6, 6.07) is 0. The first-order chi connectivity index (χ1) is 5.83. The zero-order valence-corrected chi connectivity index (χ0v) is 7.86. The van der Waals surface area contributed by atoms with Crippen molar-refractivity contribution in [3.8, 4) is 0 Å². The predicted molar refractivity (Wildman–Crippen MR) is 49.2 cm³/mol. The highest BCUT2D eigenvalue weighted by molar-refractivity contribution is 5.52. The molecule has 0 amide bonds. The van der Waals surface area contributed by atoms with Gasteiger partial charge in [-0.3, -0.25) is 4.90 Å². The number of likely N-dealkylation sites (N-methyl/N-ethyl adjacent to an activating group) is 1. The van der Waals surface area contributed by atoms with Crippen LogP contribution in [-0.2, 0) is 4.84 Å². The maximum Gasteiger partial charge on any atom is 0.170 e. The molecule has 0 aromatic rings. The van der Waals surface area contributed by atoms with Gasteiger partial charge < -0.3 is 9.74 Å². The third-order valence-corrected chi connectivity index (χ3v) is 2.02. The van der Waals surface area contributed by atoms with Crippen molar-refractivity contribution in [1.29, 1.82) is 0 Å². The van der Waals surface area contributed by atoms with Crippen molar-refractivity contribution in [2.45, 2.75) is 6.92 Å². The average molecular weight is 171 g/mol. The molecule has 0 aromatic heterocycles. The van der Waals surface area contributed by atoms with Gasteiger partial charge in [-0.25, -0.2) is 0 Å². The molecule has 0 saturated carbocycles. The van der Waals surface area contributed by atoms with E-state index in [1.165, 1.54) is 0 Å². The molecule has 0 unspecified atom stereocenters. The van der Waals surface area contributed by atoms with Crippen LogP contribution in [0.3, 0.4) is 0 Å². The van der Waals surface area contributed by atoms with Crippen LogP contribution in [0.1, 0.15) is 6.92 Å². The fraction of sp³-hybridized carbons (Fsp3) is 0.875. The van der Waals surface area contributed by atoms with Gasteiger partial charge in [-0.15, -0.1) is 0 Å². The average Bonchev–Trinajstić information content (AvgIpc) is 2.09. The summed E-state index contributed by atoms with van der Waals surface area (Å²) in [6.45, 7) is 6.88. The van der Waals surface area contributed by atoms with Crippen molar-refractivity contribution in [2.24, 2.45) is 5.16 Å². The molecule has 0 spiro atoms. The largest absolute Gasteiger partial charge is 0.380 e. The first-order valence-corrected chi connectivity index (χ1v) is 4.34. The van der Waals surface area contributed by atoms with Gasteiger partial charge in [0.05, 0.1) is 0 Å². The highest BCUT2D eigenvalue weighted by Crippen LogP contribution is 1.98. The third-order valence-electron chi connectivity index (χ3n) is 2.02. The molecule has 0 N–H and O–H groups in total. The Bertz CT molecular complexity index is 141. The lowest BCUT2D eigenvalue weighted by molar-refractivity contribution is 0.00960. The van der Waals surface area contributed by atoms with E-state index in [1.807, 2.05) is 6.92 Å². The van der Waals surface area contributed by atoms with E-state index in [0.717, 1.165) is 26.2 Å². The second-order valence-electron chi connectivity index (χ2n) is 3.04. The van der Waals surface area contributed by atoms with Crippen molar-refractivity contribution < 1.29 is 4.84 Å². The van der Waals surface area contributed by atoms with E-state index >= 15 is 0 Å². The standard InChI is InChI=1S/C8H17N3O/c1-3-9-12-8-11-6-4-10(2)5-7-11/h3H,4-8H2,1-2H3/b9-3-. The molecule has 0 bridgehead atoms. The molecule has 1 fully saturated rings. The molecule has 1 rings (SSSR count). The smallest absolute Gasteiger partial charge is 0.170 e. The van der Waals surface area contributed by atoms with E-state index in [1.54, 1.807) is 6.21 Å². The Morgan fingerprint density at radius 3 is 2.58 bits per heavy atom. The van der Waals surface area contributed by atoms with Crippen molar-refractivity contribution in [3.05, 3.63) is 0 Å². The second-order valence-corrected chi connectivity index (χ2v) is 3.04. The Hall–Kier alpha value is -0.610. The highest BCUT2D eigenvalue weighted by atomic mass is 16.6. The van der Waals surface area contributed by atoms with E-state index < -0.39 is 0 Å². The highest BCUT2D eigenvalue weighted by Gasteiger charge is 2.12. The number of piperazine rings is 1. The molecule has 0 atom stereocenters. The van der Waals surface area contributed by atoms with Gasteiger partial charge >= 0.3 is 0 Å². The molecule has 1 saturated heterocycles. The SMILES string of the molecule is C/C=N\OCN1CCN(C)CC1. The van der Waals surface area contributed by atoms with Crippen molar-refractivity contribution in [2.75, 3.05) is 40.0 Å². The zero-order valence-electron chi connectivity index (χ0n) is 7.86. The maximum atomic E-state index is 5.03. The second kappa shape index (κ2) is 5.11. The summed E-state index contributed by atoms with van der Waals surface area (Å²) in [5.74, 6) is 0. The monoisotopic (exact) mass is 171 g/mol. The summed E-state index contributed by atoms with van der Waals surface area (Å²) < 4.78 is 0. The van der Waals surface area contributed by atoms with Crippen LogP contribution in [0.15, 0.2) is 5.16 Å². The first-order valence-electron chi connectivity index (χ1n) is 4.34. The number of nitrogens with zero attached hydrogens (tertiary/aromatic N) is 3. The minimum atomic E-state index is 0.623. The van der Waals surface area contributed by atoms with E-state index in [-0.39, 0.29) is 0 Å². The minimum Gasteiger partial charge on any atom is -0.380 e. The Morgan fingerprint density at radius 1 is 1.33 bits per heavy atom. The van der Waals surface area contributed by atoms with Crippen LogP contribution in [0, 0.1) is 0 Å². The quantitative estimate of drug-likeness (QED) is 0.449. The topological polar surface area (TPSA) is 28.1 Å². The first kappa shape index (κ1) is 9.48. The molecular weight excluding hydrogens is 154 g/mol. The Labute approximate surface area is 73.8 Å². The molecule has 1 heterocycles. The molecular formula is C8H17N3O. The van der Waals surface area contributed by atoms with Gasteiger partial charge in [-0.05, 0) is 14.0 Å². The third kappa shape index (κ3) is 3.19. The molecule has 0 aliphatic carbocycles. The van der Waals surface area contributed by atoms with E-state index in [0.29, 0.717) is 6.73 Å². The molecule has 70 valence electrons. The van der Waals surface area contributed by atoms with Gasteiger partial charge in [0.15, 0.2) is 6.73 Å². The summed E-state index contributed by atoms with van der Waals surface area (Å²) >= 11 is 0. The van der Waals surface area contributed by atoms with Crippen molar-refractivity contribution in [1.82, 2.24) is 9.80 Å². The number of oxime groups is 1. The van der Waals surface area contributed by atoms with Gasteiger partial charge in [0.2, 0.25) is 0 Å². The zero-order chi connectivity index (χ0) is 8.81. The van der Waals surface area contributed by atoms with Gasteiger partial charge in [0.25, 0.3) is 0 Å². The fourth-order valence-corrected chi connectivity index (χ4v) is 1.17. The van der Waals surface area contributed by atoms with Crippen LogP contribution in [0.5, 0.6) is 0 Å². The summed E-state index contributed by atoms with van der Waals surface area (Å²) in [5, 5.41) is 3.70. The van der Waals surface area contributed by atoms with Crippen LogP contribution in [-0.4, -0.2) is 56.0 Å². The Morgan fingerprint density at radius 2 is 2.00 bits per heavy atom. The maximum absolute atomic E-state index is 5.03. The normalized spacial score (nSPS) is 21.8. The molecule has 0 radical (unpaired) electrons. The number of hydrogen-bond donors (Lipinski definition) is 0. The van der Waals surface area contributed by atoms with E-state index in [4.69, 9.17) is 4.84 Å². The molecule has 1 aliphatic rings. The summed E-state index contributed by atoms with van der Waals surface area (Å²) in [4.78, 5) is 9.61. The van der Waals surface area contributed by atoms with E-state index in [9.17, 15) is 0 Å². The predicted octanol–water partition coefficient (Wildman–Crippen LogP) is 0.214. The molecule has 4 nitrogen and oxygen atoms in total. The van der Waals surface area contributed by atoms with Crippen LogP contribution >= 0.6 is 0 Å². The number of rotatable bonds is 3. The Kier molecular flexibility index (Phi) is 4.04. The fourth-order valence-electron chi connectivity index (χ4n) is 1.17. The molecule has 0 aromatic carbocycles. The van der Waals surface area contributed by atoms with Crippen LogP contribution < -0.4 is 0 Å². The summed E-state index contributed by atoms with van der Waals surface area (Å²) in [6.07, 6.45) is 1.66. The van der Waals surface area contributed by atoms with E-state index in [2.05, 4.69) is 22.0 Å². The van der Waals surface area contributed by atoms with Crippen LogP contribution in [0.25, 0.3) is 0 Å². The molecule has 1 aliphatic heterocycles. The summed E-state index contributed by atoms with van der Waals surface area (Å²) in [7, 11) is 2.14. The summed E-state index contributed by atoms with van der Waals surface area (Å²) in [5.41, 5.74) is 0. The lowest BCUT2D eigenvalue weighted by Gasteiger charge is -2.30. The van der Waals surface area contributed by atoms with Gasteiger partial charge in [0.1, 0.15) is 0 Å². The van der Waals surface area contributed by atoms with Gasteiger partial charge in [-0.1, -0.05) is 5.16 Å². The van der Waals surface area contributed by atoms with Crippen LogP contribution in [0.2, 0.25) is 0 Å². The lowest BCUT2D eigenvalue weighted by atomic mass is 10.3. The van der Waals surface area contributed by atoms with Gasteiger partial charge in [-0.2, -0.15) is 0 Å². The van der Waals surface area contributed by atoms with Gasteiger partial charge in [0, 0.05) is 32.4 Å². The molecule has 12 heavy (non-hydrogen) atoms. The minimum absolute atomic E-state index is 0.623. The van der Waals surface area contributed by atoms with Crippen molar-refractivity contribution in [3.63, 3.8) is 0 Å². The lowest BCUT2D eigenvalue weighted by Crippen LogP contribution is -2.44. The Balaban J connectivity index is 2.09. The number of hydrogen-bond acceptors (Lipinski definition) is 4. The van der Waals surface area contributed by atoms with Crippen molar-refractivity contribution >= 4 is 6.21 Å². The molecule has 4 heteroatoms. The van der Waals surface area contributed by atoms with Crippen LogP contribution in [0.4, 0.5) is 0 Å².